The van der Waals surface area contributed by atoms with Crippen molar-refractivity contribution in [2.45, 2.75) is 36.5 Å². The molecule has 1 rings (SSSR count). The fourth-order valence-corrected chi connectivity index (χ4v) is 1.81. The molecule has 1 aromatic rings. The van der Waals surface area contributed by atoms with E-state index in [1.165, 1.54) is 0 Å². The van der Waals surface area contributed by atoms with Gasteiger partial charge in [-0.2, -0.15) is 39.5 Å². The van der Waals surface area contributed by atoms with Crippen LogP contribution in [-0.4, -0.2) is 31.1 Å². The third kappa shape index (κ3) is 3.60. The summed E-state index contributed by atoms with van der Waals surface area (Å²) in [5.74, 6) is -20.5. The minimum absolute atomic E-state index is 0.427. The van der Waals surface area contributed by atoms with E-state index in [9.17, 15) is 43.9 Å². The summed E-state index contributed by atoms with van der Waals surface area (Å²) in [6.07, 6.45) is -11.1. The lowest BCUT2D eigenvalue weighted by atomic mass is 9.95. The first-order chi connectivity index (χ1) is 10.7. The molecule has 0 spiro atoms. The van der Waals surface area contributed by atoms with Crippen LogP contribution in [0.4, 0.5) is 43.9 Å². The van der Waals surface area contributed by atoms with Gasteiger partial charge in [-0.15, -0.1) is 0 Å². The number of ether oxygens (including phenoxy) is 1. The molecule has 1 nitrogen and oxygen atoms in total. The Labute approximate surface area is 129 Å². The number of hydrogen-bond donors (Lipinski definition) is 0. The van der Waals surface area contributed by atoms with Crippen LogP contribution < -0.4 is 0 Å². The zero-order chi connectivity index (χ0) is 19.0. The fraction of sp³-hybridized carbons (Fsp3) is 0.538. The van der Waals surface area contributed by atoms with Gasteiger partial charge in [0.25, 0.3) is 0 Å². The summed E-state index contributed by atoms with van der Waals surface area (Å²) < 4.78 is 133. The maximum atomic E-state index is 13.5. The van der Waals surface area contributed by atoms with Crippen LogP contribution in [-0.2, 0) is 4.74 Å². The van der Waals surface area contributed by atoms with Crippen LogP contribution >= 0.6 is 0 Å². The van der Waals surface area contributed by atoms with Crippen molar-refractivity contribution in [3.8, 4) is 0 Å². The van der Waals surface area contributed by atoms with Gasteiger partial charge in [0.05, 0.1) is 6.10 Å². The Morgan fingerprint density at radius 1 is 0.917 bits per heavy atom. The largest absolute Gasteiger partial charge is 0.460 e. The maximum Gasteiger partial charge on any atom is 0.460 e. The average Bonchev–Trinajstić information content (AvgIpc) is 2.43. The topological polar surface area (TPSA) is 9.23 Å². The molecule has 0 saturated heterocycles. The predicted octanol–water partition coefficient (Wildman–Crippen LogP) is 5.37. The zero-order valence-corrected chi connectivity index (χ0v) is 11.8. The van der Waals surface area contributed by atoms with E-state index in [-0.39, 0.29) is 0 Å². The highest BCUT2D eigenvalue weighted by Crippen LogP contribution is 2.55. The Kier molecular flexibility index (Phi) is 5.48. The van der Waals surface area contributed by atoms with Crippen molar-refractivity contribution in [2.24, 2.45) is 0 Å². The lowest BCUT2D eigenvalue weighted by Crippen LogP contribution is -2.61. The molecule has 11 heteroatoms. The third-order valence-corrected chi connectivity index (χ3v) is 3.16. The van der Waals surface area contributed by atoms with E-state index in [2.05, 4.69) is 4.74 Å². The number of halogens is 10. The van der Waals surface area contributed by atoms with Crippen molar-refractivity contribution >= 4 is 0 Å². The molecule has 1 atom stereocenters. The van der Waals surface area contributed by atoms with Crippen molar-refractivity contribution in [3.63, 3.8) is 0 Å². The molecule has 1 unspecified atom stereocenters. The van der Waals surface area contributed by atoms with Crippen molar-refractivity contribution in [1.29, 1.82) is 0 Å². The van der Waals surface area contributed by atoms with Crippen LogP contribution in [0.2, 0.25) is 0 Å². The van der Waals surface area contributed by atoms with Gasteiger partial charge in [-0.3, -0.25) is 0 Å². The number of benzene rings is 1. The van der Waals surface area contributed by atoms with E-state index in [1.54, 1.807) is 0 Å². The summed E-state index contributed by atoms with van der Waals surface area (Å²) in [4.78, 5) is 0. The molecule has 0 fully saturated rings. The first-order valence-corrected chi connectivity index (χ1v) is 6.16. The van der Waals surface area contributed by atoms with Gasteiger partial charge >= 0.3 is 23.9 Å². The van der Waals surface area contributed by atoms with Crippen molar-refractivity contribution in [2.75, 3.05) is 7.11 Å². The van der Waals surface area contributed by atoms with E-state index in [1.807, 2.05) is 0 Å². The molecular formula is C13H10F10O. The molecule has 0 amide bonds. The van der Waals surface area contributed by atoms with Gasteiger partial charge in [0, 0.05) is 13.5 Å². The number of rotatable bonds is 6. The number of alkyl halides is 9. The normalized spacial score (nSPS) is 15.5. The van der Waals surface area contributed by atoms with Gasteiger partial charge < -0.3 is 4.74 Å². The average molecular weight is 372 g/mol. The molecule has 1 aromatic carbocycles. The van der Waals surface area contributed by atoms with Crippen LogP contribution in [0.3, 0.4) is 0 Å². The summed E-state index contributed by atoms with van der Waals surface area (Å²) in [6, 6.07) is 3.44. The van der Waals surface area contributed by atoms with Crippen LogP contribution in [0.15, 0.2) is 24.3 Å². The van der Waals surface area contributed by atoms with Gasteiger partial charge in [-0.1, -0.05) is 12.1 Å². The molecule has 24 heavy (non-hydrogen) atoms. The highest BCUT2D eigenvalue weighted by molar-refractivity contribution is 5.20. The Bertz CT molecular complexity index is 566. The zero-order valence-electron chi connectivity index (χ0n) is 11.8. The van der Waals surface area contributed by atoms with Crippen molar-refractivity contribution in [1.82, 2.24) is 0 Å². The maximum absolute atomic E-state index is 13.5. The Balaban J connectivity index is 3.18. The Morgan fingerprint density at radius 2 is 1.46 bits per heavy atom. The van der Waals surface area contributed by atoms with Gasteiger partial charge in [0.1, 0.15) is 5.82 Å². The summed E-state index contributed by atoms with van der Waals surface area (Å²) in [6.45, 7) is 0. The van der Waals surface area contributed by atoms with E-state index in [0.29, 0.717) is 6.07 Å². The fourth-order valence-electron chi connectivity index (χ4n) is 1.81. The first-order valence-electron chi connectivity index (χ1n) is 6.16. The second-order valence-electron chi connectivity index (χ2n) is 4.83. The van der Waals surface area contributed by atoms with Crippen LogP contribution in [0, 0.1) is 5.82 Å². The molecule has 0 aliphatic rings. The molecule has 0 bridgehead atoms. The molecule has 0 saturated carbocycles. The van der Waals surface area contributed by atoms with E-state index in [4.69, 9.17) is 0 Å². The molecule has 0 aromatic heterocycles. The van der Waals surface area contributed by atoms with Crippen molar-refractivity contribution < 1.29 is 48.6 Å². The highest BCUT2D eigenvalue weighted by atomic mass is 19.4. The Hall–Kier alpha value is -1.52. The van der Waals surface area contributed by atoms with E-state index in [0.717, 1.165) is 25.3 Å². The van der Waals surface area contributed by atoms with Gasteiger partial charge in [-0.25, -0.2) is 4.39 Å². The molecular weight excluding hydrogens is 362 g/mol. The molecule has 0 aliphatic heterocycles. The lowest BCUT2D eigenvalue weighted by Gasteiger charge is -2.35. The second-order valence-corrected chi connectivity index (χ2v) is 4.83. The van der Waals surface area contributed by atoms with Gasteiger partial charge in [0.2, 0.25) is 0 Å². The number of methoxy groups -OCH3 is 1. The molecule has 138 valence electrons. The number of hydrogen-bond acceptors (Lipinski definition) is 1. The highest BCUT2D eigenvalue weighted by Gasteiger charge is 2.81. The minimum atomic E-state index is -6.97. The first kappa shape index (κ1) is 20.5. The standard InChI is InChI=1S/C13H10F10O/c1-24-9(7-3-2-4-8(14)5-7)6-10(15,16)11(17,18)12(19,20)13(21,22)23/h2-5,9H,6H2,1H3. The summed E-state index contributed by atoms with van der Waals surface area (Å²) >= 11 is 0. The lowest BCUT2D eigenvalue weighted by molar-refractivity contribution is -0.398. The van der Waals surface area contributed by atoms with Gasteiger partial charge in [-0.05, 0) is 17.7 Å². The van der Waals surface area contributed by atoms with Crippen LogP contribution in [0.5, 0.6) is 0 Å². The smallest absolute Gasteiger partial charge is 0.377 e. The summed E-state index contributed by atoms with van der Waals surface area (Å²) in [5, 5.41) is 0. The van der Waals surface area contributed by atoms with Crippen LogP contribution in [0.1, 0.15) is 18.1 Å². The quantitative estimate of drug-likeness (QED) is 0.610. The van der Waals surface area contributed by atoms with Gasteiger partial charge in [0.15, 0.2) is 0 Å². The minimum Gasteiger partial charge on any atom is -0.377 e. The monoisotopic (exact) mass is 372 g/mol. The SMILES string of the molecule is COC(CC(F)(F)C(F)(F)C(F)(F)C(F)(F)F)c1cccc(F)c1. The third-order valence-electron chi connectivity index (χ3n) is 3.16. The van der Waals surface area contributed by atoms with E-state index >= 15 is 0 Å². The summed E-state index contributed by atoms with van der Waals surface area (Å²) in [7, 11) is 0.728. The second kappa shape index (κ2) is 6.41. The predicted molar refractivity (Wildman–Crippen MR) is 61.7 cm³/mol. The molecule has 0 N–H and O–H groups in total. The Morgan fingerprint density at radius 3 is 1.88 bits per heavy atom. The van der Waals surface area contributed by atoms with Crippen molar-refractivity contribution in [3.05, 3.63) is 35.6 Å². The molecule has 0 radical (unpaired) electrons. The molecule has 0 heterocycles. The van der Waals surface area contributed by atoms with Crippen LogP contribution in [0.25, 0.3) is 0 Å². The summed E-state index contributed by atoms with van der Waals surface area (Å²) in [5.41, 5.74) is -0.427. The van der Waals surface area contributed by atoms with E-state index < -0.39 is 47.8 Å². The molecule has 0 aliphatic carbocycles.